The molecule has 0 radical (unpaired) electrons. The first-order chi connectivity index (χ1) is 13.9. The topological polar surface area (TPSA) is 134 Å². The molecule has 0 fully saturated rings. The zero-order valence-electron chi connectivity index (χ0n) is 14.7. The van der Waals surface area contributed by atoms with Crippen LogP contribution >= 0.6 is 15.9 Å². The molecule has 0 unspecified atom stereocenters. The molecule has 148 valence electrons. The lowest BCUT2D eigenvalue weighted by molar-refractivity contribution is 0.0954. The summed E-state index contributed by atoms with van der Waals surface area (Å²) in [4.78, 5) is 32.1. The number of nitrogens with two attached hydrogens (primary N) is 1. The first-order valence-corrected chi connectivity index (χ1v) is 8.97. The first kappa shape index (κ1) is 20.0. The molecule has 0 bridgehead atoms. The van der Waals surface area contributed by atoms with Gasteiger partial charge in [-0.1, -0.05) is 15.9 Å². The van der Waals surface area contributed by atoms with Crippen LogP contribution in [0.5, 0.6) is 0 Å². The second kappa shape index (κ2) is 8.97. The fourth-order valence-corrected chi connectivity index (χ4v) is 2.44. The van der Waals surface area contributed by atoms with Gasteiger partial charge in [0.25, 0.3) is 11.8 Å². The number of rotatable bonds is 6. The molecule has 2 amide bonds. The summed E-state index contributed by atoms with van der Waals surface area (Å²) in [5.74, 6) is -1.12. The van der Waals surface area contributed by atoms with Crippen molar-refractivity contribution in [3.63, 3.8) is 0 Å². The van der Waals surface area contributed by atoms with E-state index >= 15 is 0 Å². The fourth-order valence-electron chi connectivity index (χ4n) is 2.17. The van der Waals surface area contributed by atoms with Crippen molar-refractivity contribution in [1.82, 2.24) is 20.8 Å². The maximum atomic E-state index is 12.9. The van der Waals surface area contributed by atoms with Gasteiger partial charge in [0.2, 0.25) is 0 Å². The van der Waals surface area contributed by atoms with E-state index in [-0.39, 0.29) is 22.9 Å². The molecular weight excluding hydrogens is 445 g/mol. The highest BCUT2D eigenvalue weighted by Gasteiger charge is 2.12. The Kier molecular flexibility index (Phi) is 6.19. The Balaban J connectivity index is 1.61. The highest BCUT2D eigenvalue weighted by molar-refractivity contribution is 9.10. The molecule has 3 aromatic rings. The van der Waals surface area contributed by atoms with Gasteiger partial charge in [-0.25, -0.2) is 14.4 Å². The molecule has 0 spiro atoms. The molecule has 11 heteroatoms. The van der Waals surface area contributed by atoms with Crippen LogP contribution in [-0.2, 0) is 0 Å². The van der Waals surface area contributed by atoms with Gasteiger partial charge in [0, 0.05) is 15.6 Å². The van der Waals surface area contributed by atoms with Crippen LogP contribution in [0, 0.1) is 5.82 Å². The average Bonchev–Trinajstić information content (AvgIpc) is 2.72. The average molecular weight is 460 g/mol. The Morgan fingerprint density at radius 2 is 1.28 bits per heavy atom. The van der Waals surface area contributed by atoms with E-state index < -0.39 is 17.6 Å². The summed E-state index contributed by atoms with van der Waals surface area (Å²) in [6.45, 7) is 0. The Morgan fingerprint density at radius 3 is 1.76 bits per heavy atom. The van der Waals surface area contributed by atoms with Gasteiger partial charge in [0.05, 0.1) is 0 Å². The number of carbonyl (C=O) groups is 2. The summed E-state index contributed by atoms with van der Waals surface area (Å²) < 4.78 is 13.8. The quantitative estimate of drug-likeness (QED) is 0.357. The van der Waals surface area contributed by atoms with Gasteiger partial charge in [0.1, 0.15) is 17.8 Å². The fraction of sp³-hybridized carbons (Fsp3) is 0. The summed E-state index contributed by atoms with van der Waals surface area (Å²) in [7, 11) is 0. The molecule has 0 aliphatic heterocycles. The van der Waals surface area contributed by atoms with E-state index in [0.717, 1.165) is 4.47 Å². The third-order valence-electron chi connectivity index (χ3n) is 3.69. The highest BCUT2D eigenvalue weighted by atomic mass is 79.9. The SMILES string of the molecule is Nc1c(NNC(=O)c2ccc(F)cc2)ncnc1NNC(=O)c1ccc(Br)cc1. The van der Waals surface area contributed by atoms with Crippen LogP contribution in [0.4, 0.5) is 21.7 Å². The highest BCUT2D eigenvalue weighted by Crippen LogP contribution is 2.21. The largest absolute Gasteiger partial charge is 0.393 e. The molecule has 1 aromatic heterocycles. The van der Waals surface area contributed by atoms with E-state index in [1.54, 1.807) is 24.3 Å². The molecule has 9 nitrogen and oxygen atoms in total. The predicted molar refractivity (Wildman–Crippen MR) is 109 cm³/mol. The lowest BCUT2D eigenvalue weighted by atomic mass is 10.2. The summed E-state index contributed by atoms with van der Waals surface area (Å²) >= 11 is 3.30. The minimum atomic E-state index is -0.513. The molecule has 2 aromatic carbocycles. The van der Waals surface area contributed by atoms with Crippen molar-refractivity contribution in [2.24, 2.45) is 0 Å². The van der Waals surface area contributed by atoms with Gasteiger partial charge in [-0.05, 0) is 48.5 Å². The lowest BCUT2D eigenvalue weighted by Crippen LogP contribution is -2.32. The van der Waals surface area contributed by atoms with Crippen LogP contribution < -0.4 is 27.4 Å². The van der Waals surface area contributed by atoms with Crippen molar-refractivity contribution in [2.45, 2.75) is 0 Å². The third-order valence-corrected chi connectivity index (χ3v) is 4.21. The number of carbonyl (C=O) groups excluding carboxylic acids is 2. The Bertz CT molecular complexity index is 950. The van der Waals surface area contributed by atoms with Crippen LogP contribution in [0.25, 0.3) is 0 Å². The van der Waals surface area contributed by atoms with E-state index in [0.29, 0.717) is 5.56 Å². The van der Waals surface area contributed by atoms with E-state index in [1.807, 2.05) is 0 Å². The number of anilines is 3. The molecule has 0 atom stereocenters. The van der Waals surface area contributed by atoms with Gasteiger partial charge >= 0.3 is 0 Å². The summed E-state index contributed by atoms with van der Waals surface area (Å²) in [5.41, 5.74) is 16.7. The van der Waals surface area contributed by atoms with Crippen molar-refractivity contribution < 1.29 is 14.0 Å². The van der Waals surface area contributed by atoms with Gasteiger partial charge in [0.15, 0.2) is 11.6 Å². The standard InChI is InChI=1S/C18H15BrFN7O2/c19-12-5-1-10(2-6-12)17(28)26-24-15-14(21)16(23-9-22-15)25-27-18(29)11-3-7-13(20)8-4-11/h1-9H,21H2,(H,26,28)(H,27,29)(H2,22,23,24,25). The van der Waals surface area contributed by atoms with Crippen LogP contribution in [-0.4, -0.2) is 21.8 Å². The van der Waals surface area contributed by atoms with Crippen LogP contribution in [0.1, 0.15) is 20.7 Å². The first-order valence-electron chi connectivity index (χ1n) is 8.18. The number of benzene rings is 2. The molecule has 0 saturated carbocycles. The third kappa shape index (κ3) is 5.17. The molecule has 0 aliphatic carbocycles. The number of nitrogens with one attached hydrogen (secondary N) is 4. The zero-order chi connectivity index (χ0) is 20.8. The molecule has 0 saturated heterocycles. The van der Waals surface area contributed by atoms with Gasteiger partial charge in [-0.2, -0.15) is 0 Å². The smallest absolute Gasteiger partial charge is 0.269 e. The maximum Gasteiger partial charge on any atom is 0.269 e. The second-order valence-electron chi connectivity index (χ2n) is 5.66. The molecule has 29 heavy (non-hydrogen) atoms. The summed E-state index contributed by atoms with van der Waals surface area (Å²) in [6, 6.07) is 11.8. The number of amides is 2. The summed E-state index contributed by atoms with van der Waals surface area (Å²) in [6.07, 6.45) is 1.19. The number of nitrogens with zero attached hydrogens (tertiary/aromatic N) is 2. The minimum absolute atomic E-state index is 0.0583. The Hall–Kier alpha value is -3.73. The van der Waals surface area contributed by atoms with Crippen molar-refractivity contribution in [3.8, 4) is 0 Å². The Morgan fingerprint density at radius 1 is 0.828 bits per heavy atom. The van der Waals surface area contributed by atoms with E-state index in [1.165, 1.54) is 30.6 Å². The van der Waals surface area contributed by atoms with Crippen molar-refractivity contribution in [1.29, 1.82) is 0 Å². The number of hydrogen-bond donors (Lipinski definition) is 5. The van der Waals surface area contributed by atoms with E-state index in [2.05, 4.69) is 47.6 Å². The number of aromatic nitrogens is 2. The lowest BCUT2D eigenvalue weighted by Gasteiger charge is -2.13. The molecule has 1 heterocycles. The van der Waals surface area contributed by atoms with Crippen molar-refractivity contribution in [2.75, 3.05) is 16.6 Å². The summed E-state index contributed by atoms with van der Waals surface area (Å²) in [5, 5.41) is 0. The van der Waals surface area contributed by atoms with Gasteiger partial charge in [-0.15, -0.1) is 0 Å². The van der Waals surface area contributed by atoms with Crippen molar-refractivity contribution in [3.05, 3.63) is 76.3 Å². The number of hydrogen-bond acceptors (Lipinski definition) is 7. The number of halogens is 2. The van der Waals surface area contributed by atoms with Gasteiger partial charge in [-0.3, -0.25) is 31.3 Å². The zero-order valence-corrected chi connectivity index (χ0v) is 16.3. The van der Waals surface area contributed by atoms with E-state index in [9.17, 15) is 14.0 Å². The molecule has 0 aliphatic rings. The monoisotopic (exact) mass is 459 g/mol. The van der Waals surface area contributed by atoms with Crippen LogP contribution in [0.2, 0.25) is 0 Å². The van der Waals surface area contributed by atoms with Crippen LogP contribution in [0.3, 0.4) is 0 Å². The second-order valence-corrected chi connectivity index (χ2v) is 6.57. The van der Waals surface area contributed by atoms with E-state index in [4.69, 9.17) is 5.73 Å². The molecule has 3 rings (SSSR count). The van der Waals surface area contributed by atoms with Gasteiger partial charge < -0.3 is 5.73 Å². The Labute approximate surface area is 173 Å². The maximum absolute atomic E-state index is 12.9. The number of hydrazine groups is 2. The van der Waals surface area contributed by atoms with Crippen molar-refractivity contribution >= 4 is 45.1 Å². The normalized spacial score (nSPS) is 10.1. The van der Waals surface area contributed by atoms with Crippen LogP contribution in [0.15, 0.2) is 59.3 Å². The molecular formula is C18H15BrFN7O2. The minimum Gasteiger partial charge on any atom is -0.393 e. The molecule has 6 N–H and O–H groups in total. The predicted octanol–water partition coefficient (Wildman–Crippen LogP) is 2.47. The number of nitrogen functional groups attached to an aromatic ring is 1.